The molecule has 1 aromatic heterocycles. The van der Waals surface area contributed by atoms with Gasteiger partial charge >= 0.3 is 0 Å². The zero-order chi connectivity index (χ0) is 14.3. The second kappa shape index (κ2) is 8.16. The molecule has 1 atom stereocenters. The number of pyridine rings is 1. The quantitative estimate of drug-likeness (QED) is 0.774. The Kier molecular flexibility index (Phi) is 6.85. The van der Waals surface area contributed by atoms with Gasteiger partial charge in [0.1, 0.15) is 0 Å². The van der Waals surface area contributed by atoms with Crippen molar-refractivity contribution in [2.75, 3.05) is 18.0 Å². The van der Waals surface area contributed by atoms with Gasteiger partial charge in [-0.2, -0.15) is 0 Å². The molecule has 0 bridgehead atoms. The number of anilines is 1. The summed E-state index contributed by atoms with van der Waals surface area (Å²) in [6.07, 6.45) is 4.24. The van der Waals surface area contributed by atoms with Crippen molar-refractivity contribution < 1.29 is 0 Å². The molecule has 1 aromatic rings. The molecule has 0 saturated carbocycles. The first kappa shape index (κ1) is 16.0. The Hall–Kier alpha value is -1.09. The van der Waals surface area contributed by atoms with Crippen molar-refractivity contribution in [1.29, 1.82) is 0 Å². The highest BCUT2D eigenvalue weighted by Crippen LogP contribution is 2.20. The van der Waals surface area contributed by atoms with Gasteiger partial charge in [0.25, 0.3) is 0 Å². The van der Waals surface area contributed by atoms with E-state index in [0.717, 1.165) is 31.6 Å². The van der Waals surface area contributed by atoms with Crippen LogP contribution in [0.1, 0.15) is 59.2 Å². The van der Waals surface area contributed by atoms with Crippen molar-refractivity contribution in [2.24, 2.45) is 0 Å². The van der Waals surface area contributed by atoms with E-state index in [4.69, 9.17) is 0 Å². The van der Waals surface area contributed by atoms with Crippen molar-refractivity contribution in [3.8, 4) is 0 Å². The Morgan fingerprint density at radius 3 is 2.37 bits per heavy atom. The van der Waals surface area contributed by atoms with E-state index in [-0.39, 0.29) is 0 Å². The molecule has 1 unspecified atom stereocenters. The second-order valence-electron chi connectivity index (χ2n) is 5.24. The van der Waals surface area contributed by atoms with Crippen LogP contribution in [0.2, 0.25) is 0 Å². The molecule has 0 radical (unpaired) electrons. The summed E-state index contributed by atoms with van der Waals surface area (Å²) in [6, 6.07) is 5.25. The van der Waals surface area contributed by atoms with Crippen LogP contribution in [0.25, 0.3) is 0 Å². The molecule has 0 saturated heterocycles. The monoisotopic (exact) mass is 263 g/mol. The third-order valence-corrected chi connectivity index (χ3v) is 3.47. The van der Waals surface area contributed by atoms with Gasteiger partial charge in [-0.1, -0.05) is 13.8 Å². The van der Waals surface area contributed by atoms with Gasteiger partial charge in [-0.15, -0.1) is 0 Å². The van der Waals surface area contributed by atoms with Crippen molar-refractivity contribution in [3.05, 3.63) is 24.0 Å². The molecular weight excluding hydrogens is 234 g/mol. The maximum Gasteiger partial charge on any atom is 0.0574 e. The fourth-order valence-corrected chi connectivity index (χ4v) is 2.40. The van der Waals surface area contributed by atoms with Crippen LogP contribution in [0, 0.1) is 0 Å². The lowest BCUT2D eigenvalue weighted by atomic mass is 10.1. The highest BCUT2D eigenvalue weighted by atomic mass is 15.2. The summed E-state index contributed by atoms with van der Waals surface area (Å²) >= 11 is 0. The Morgan fingerprint density at radius 2 is 1.95 bits per heavy atom. The average molecular weight is 263 g/mol. The minimum absolute atomic E-state index is 0.378. The summed E-state index contributed by atoms with van der Waals surface area (Å²) in [5.74, 6) is 0. The SMILES string of the molecule is CCCNC(CC)c1ccc(N(CC)C(C)C)cn1. The normalized spacial score (nSPS) is 12.7. The van der Waals surface area contributed by atoms with E-state index >= 15 is 0 Å². The number of hydrogen-bond acceptors (Lipinski definition) is 3. The summed E-state index contributed by atoms with van der Waals surface area (Å²) < 4.78 is 0. The molecule has 19 heavy (non-hydrogen) atoms. The van der Waals surface area contributed by atoms with Crippen LogP contribution >= 0.6 is 0 Å². The van der Waals surface area contributed by atoms with Crippen LogP contribution in [0.4, 0.5) is 5.69 Å². The smallest absolute Gasteiger partial charge is 0.0574 e. The fourth-order valence-electron chi connectivity index (χ4n) is 2.40. The van der Waals surface area contributed by atoms with E-state index in [1.54, 1.807) is 0 Å². The topological polar surface area (TPSA) is 28.2 Å². The van der Waals surface area contributed by atoms with Gasteiger partial charge in [-0.3, -0.25) is 4.98 Å². The largest absolute Gasteiger partial charge is 0.368 e. The summed E-state index contributed by atoms with van der Waals surface area (Å²) in [5.41, 5.74) is 2.37. The Bertz CT molecular complexity index is 346. The lowest BCUT2D eigenvalue weighted by molar-refractivity contribution is 0.507. The van der Waals surface area contributed by atoms with Crippen molar-refractivity contribution in [1.82, 2.24) is 10.3 Å². The zero-order valence-corrected chi connectivity index (χ0v) is 13.1. The minimum Gasteiger partial charge on any atom is -0.368 e. The van der Waals surface area contributed by atoms with Crippen LogP contribution in [-0.4, -0.2) is 24.1 Å². The molecule has 0 amide bonds. The molecular formula is C16H29N3. The van der Waals surface area contributed by atoms with E-state index in [9.17, 15) is 0 Å². The number of hydrogen-bond donors (Lipinski definition) is 1. The molecule has 3 heteroatoms. The lowest BCUT2D eigenvalue weighted by Gasteiger charge is -2.27. The first-order valence-electron chi connectivity index (χ1n) is 7.59. The fraction of sp³-hybridized carbons (Fsp3) is 0.688. The molecule has 1 heterocycles. The predicted octanol–water partition coefficient (Wildman–Crippen LogP) is 3.77. The average Bonchev–Trinajstić information content (AvgIpc) is 2.41. The Labute approximate surface area is 118 Å². The van der Waals surface area contributed by atoms with Gasteiger partial charge in [0.05, 0.1) is 17.6 Å². The van der Waals surface area contributed by atoms with Gasteiger partial charge in [0.2, 0.25) is 0 Å². The molecule has 0 aliphatic heterocycles. The van der Waals surface area contributed by atoms with Crippen LogP contribution < -0.4 is 10.2 Å². The third kappa shape index (κ3) is 4.50. The predicted molar refractivity (Wildman–Crippen MR) is 83.7 cm³/mol. The lowest BCUT2D eigenvalue weighted by Crippen LogP contribution is -2.30. The summed E-state index contributed by atoms with van der Waals surface area (Å²) in [4.78, 5) is 7.01. The zero-order valence-electron chi connectivity index (χ0n) is 13.1. The van der Waals surface area contributed by atoms with Gasteiger partial charge in [-0.25, -0.2) is 0 Å². The molecule has 0 spiro atoms. The maximum absolute atomic E-state index is 4.65. The van der Waals surface area contributed by atoms with Gasteiger partial charge in [0, 0.05) is 18.6 Å². The first-order chi connectivity index (χ1) is 9.13. The number of nitrogens with one attached hydrogen (secondary N) is 1. The number of nitrogens with zero attached hydrogens (tertiary/aromatic N) is 2. The molecule has 1 N–H and O–H groups in total. The molecule has 0 aliphatic rings. The standard InChI is InChI=1S/C16H29N3/c1-6-11-17-15(7-2)16-10-9-14(12-18-16)19(8-3)13(4)5/h9-10,12-13,15,17H,6-8,11H2,1-5H3. The Morgan fingerprint density at radius 1 is 1.21 bits per heavy atom. The van der Waals surface area contributed by atoms with Gasteiger partial charge in [-0.05, 0) is 52.3 Å². The highest BCUT2D eigenvalue weighted by Gasteiger charge is 2.12. The van der Waals surface area contributed by atoms with Gasteiger partial charge < -0.3 is 10.2 Å². The van der Waals surface area contributed by atoms with E-state index in [2.05, 4.69) is 62.0 Å². The Balaban J connectivity index is 2.79. The van der Waals surface area contributed by atoms with E-state index in [1.807, 2.05) is 6.20 Å². The molecule has 0 aromatic carbocycles. The van der Waals surface area contributed by atoms with E-state index in [0.29, 0.717) is 12.1 Å². The van der Waals surface area contributed by atoms with E-state index < -0.39 is 0 Å². The summed E-state index contributed by atoms with van der Waals surface area (Å²) in [5, 5.41) is 3.54. The molecule has 3 nitrogen and oxygen atoms in total. The van der Waals surface area contributed by atoms with Crippen LogP contribution in [0.15, 0.2) is 18.3 Å². The van der Waals surface area contributed by atoms with Crippen LogP contribution in [0.3, 0.4) is 0 Å². The van der Waals surface area contributed by atoms with Gasteiger partial charge in [0.15, 0.2) is 0 Å². The highest BCUT2D eigenvalue weighted by molar-refractivity contribution is 5.45. The third-order valence-electron chi connectivity index (χ3n) is 3.47. The van der Waals surface area contributed by atoms with E-state index in [1.165, 1.54) is 5.69 Å². The van der Waals surface area contributed by atoms with Crippen LogP contribution in [-0.2, 0) is 0 Å². The van der Waals surface area contributed by atoms with Crippen molar-refractivity contribution in [3.63, 3.8) is 0 Å². The molecule has 108 valence electrons. The van der Waals surface area contributed by atoms with Crippen molar-refractivity contribution >= 4 is 5.69 Å². The summed E-state index contributed by atoms with van der Waals surface area (Å²) in [7, 11) is 0. The number of aromatic nitrogens is 1. The maximum atomic E-state index is 4.65. The first-order valence-corrected chi connectivity index (χ1v) is 7.59. The second-order valence-corrected chi connectivity index (χ2v) is 5.24. The minimum atomic E-state index is 0.378. The van der Waals surface area contributed by atoms with Crippen LogP contribution in [0.5, 0.6) is 0 Å². The number of rotatable bonds is 8. The molecule has 0 aliphatic carbocycles. The molecule has 0 fully saturated rings. The van der Waals surface area contributed by atoms with Crippen molar-refractivity contribution in [2.45, 2.75) is 59.5 Å². The molecule has 1 rings (SSSR count). The summed E-state index contributed by atoms with van der Waals surface area (Å²) in [6.45, 7) is 13.1.